The number of nitrogens with one attached hydrogen (secondary N) is 1. The van der Waals surface area contributed by atoms with Gasteiger partial charge in [-0.3, -0.25) is 0 Å². The number of aryl methyl sites for hydroxylation is 1. The van der Waals surface area contributed by atoms with Gasteiger partial charge in [0.05, 0.1) is 15.6 Å². The minimum Gasteiger partial charge on any atom is -0.507 e. The fraction of sp³-hybridized carbons (Fsp3) is 0.458. The highest BCUT2D eigenvalue weighted by Crippen LogP contribution is 2.37. The molecular weight excluding hydrogens is 425 g/mol. The van der Waals surface area contributed by atoms with Crippen molar-refractivity contribution in [1.82, 2.24) is 20.5 Å². The number of halogens is 1. The molecule has 2 N–H and O–H groups in total. The van der Waals surface area contributed by atoms with E-state index in [1.165, 1.54) is 36.3 Å². The predicted octanol–water partition coefficient (Wildman–Crippen LogP) is 5.02. The van der Waals surface area contributed by atoms with Gasteiger partial charge in [0.1, 0.15) is 11.6 Å². The van der Waals surface area contributed by atoms with Gasteiger partial charge in [0.25, 0.3) is 0 Å². The van der Waals surface area contributed by atoms with Gasteiger partial charge >= 0.3 is 0 Å². The number of phenolic OH excluding ortho intramolecular Hbond substituents is 1. The quantitative estimate of drug-likeness (QED) is 0.543. The number of hydrogen-bond donors (Lipinski definition) is 2. The van der Waals surface area contributed by atoms with E-state index >= 15 is 0 Å². The van der Waals surface area contributed by atoms with Crippen molar-refractivity contribution in [2.24, 2.45) is 5.92 Å². The smallest absolute Gasteiger partial charge is 0.151 e. The van der Waals surface area contributed by atoms with Crippen LogP contribution in [0.2, 0.25) is 0 Å². The first-order valence-electron chi connectivity index (χ1n) is 11.3. The average Bonchev–Trinajstić information content (AvgIpc) is 3.35. The molecule has 1 aliphatic heterocycles. The lowest BCUT2D eigenvalue weighted by Crippen LogP contribution is -2.34. The standard InChI is InChI=1S/C22H24FN5OS.C2H6/c1-13-24-11-21(30-13)16-9-20(29)17(8-18(16)23)19-4-5-22(27-26-19)28-7-6-15(12-28)25-10-14-2-3-14;1-2/h4-5,8-9,11,14-15,25,29H,2-3,6-7,10,12H2,1H3;1-2H3. The summed E-state index contributed by atoms with van der Waals surface area (Å²) in [6.07, 6.45) is 5.43. The van der Waals surface area contributed by atoms with Crippen LogP contribution in [0.15, 0.2) is 30.5 Å². The summed E-state index contributed by atoms with van der Waals surface area (Å²) in [6, 6.07) is 6.93. The number of aromatic hydroxyl groups is 1. The lowest BCUT2D eigenvalue weighted by molar-refractivity contribution is 0.475. The Morgan fingerprint density at radius 2 is 1.97 bits per heavy atom. The van der Waals surface area contributed by atoms with E-state index in [1.54, 1.807) is 12.3 Å². The van der Waals surface area contributed by atoms with Crippen LogP contribution in [0.25, 0.3) is 21.7 Å². The first-order chi connectivity index (χ1) is 15.6. The average molecular weight is 456 g/mol. The maximum absolute atomic E-state index is 14.7. The second-order valence-corrected chi connectivity index (χ2v) is 9.39. The molecule has 1 saturated carbocycles. The molecule has 32 heavy (non-hydrogen) atoms. The van der Waals surface area contributed by atoms with Gasteiger partial charge in [-0.1, -0.05) is 13.8 Å². The molecule has 5 rings (SSSR count). The molecule has 1 aromatic carbocycles. The Labute approximate surface area is 192 Å². The fourth-order valence-corrected chi connectivity index (χ4v) is 4.66. The summed E-state index contributed by atoms with van der Waals surface area (Å²) in [4.78, 5) is 7.07. The third-order valence-corrected chi connectivity index (χ3v) is 6.75. The van der Waals surface area contributed by atoms with Crippen LogP contribution in [0.3, 0.4) is 0 Å². The molecule has 0 spiro atoms. The van der Waals surface area contributed by atoms with Crippen LogP contribution < -0.4 is 10.2 Å². The molecule has 2 aliphatic rings. The van der Waals surface area contributed by atoms with Crippen LogP contribution >= 0.6 is 11.3 Å². The summed E-state index contributed by atoms with van der Waals surface area (Å²) < 4.78 is 14.7. The number of phenols is 1. The van der Waals surface area contributed by atoms with Gasteiger partial charge in [-0.2, -0.15) is 0 Å². The van der Waals surface area contributed by atoms with E-state index in [0.29, 0.717) is 27.7 Å². The van der Waals surface area contributed by atoms with Crippen LogP contribution in [-0.4, -0.2) is 46.0 Å². The number of nitrogens with zero attached hydrogens (tertiary/aromatic N) is 4. The molecule has 3 aromatic rings. The maximum Gasteiger partial charge on any atom is 0.151 e. The van der Waals surface area contributed by atoms with Gasteiger partial charge < -0.3 is 15.3 Å². The monoisotopic (exact) mass is 455 g/mol. The van der Waals surface area contributed by atoms with Crippen molar-refractivity contribution in [3.05, 3.63) is 41.3 Å². The largest absolute Gasteiger partial charge is 0.507 e. The Balaban J connectivity index is 0.00000119. The lowest BCUT2D eigenvalue weighted by Gasteiger charge is -2.17. The van der Waals surface area contributed by atoms with Crippen LogP contribution in [0, 0.1) is 18.7 Å². The zero-order chi connectivity index (χ0) is 22.7. The number of anilines is 1. The van der Waals surface area contributed by atoms with Gasteiger partial charge in [-0.15, -0.1) is 21.5 Å². The van der Waals surface area contributed by atoms with E-state index in [2.05, 4.69) is 25.4 Å². The molecule has 2 fully saturated rings. The molecule has 0 bridgehead atoms. The van der Waals surface area contributed by atoms with Gasteiger partial charge in [0.15, 0.2) is 5.82 Å². The van der Waals surface area contributed by atoms with E-state index in [-0.39, 0.29) is 5.75 Å². The van der Waals surface area contributed by atoms with Gasteiger partial charge in [-0.05, 0) is 62.9 Å². The first-order valence-corrected chi connectivity index (χ1v) is 12.2. The number of thiazole rings is 1. The zero-order valence-corrected chi connectivity index (χ0v) is 19.6. The van der Waals surface area contributed by atoms with E-state index in [1.807, 2.05) is 26.8 Å². The highest BCUT2D eigenvalue weighted by Gasteiger charge is 2.27. The molecule has 170 valence electrons. The van der Waals surface area contributed by atoms with Crippen molar-refractivity contribution in [3.8, 4) is 27.4 Å². The SMILES string of the molecule is CC.Cc1ncc(-c2cc(O)c(-c3ccc(N4CCC(NCC5CC5)C4)nn3)cc2F)s1. The summed E-state index contributed by atoms with van der Waals surface area (Å²) in [6.45, 7) is 8.84. The number of rotatable bonds is 6. The first kappa shape index (κ1) is 22.6. The number of aromatic nitrogens is 3. The summed E-state index contributed by atoms with van der Waals surface area (Å²) in [5.41, 5.74) is 1.12. The fourth-order valence-electron chi connectivity index (χ4n) is 3.87. The minimum absolute atomic E-state index is 0.0231. The van der Waals surface area contributed by atoms with E-state index in [0.717, 1.165) is 42.8 Å². The molecule has 0 radical (unpaired) electrons. The number of hydrogen-bond acceptors (Lipinski definition) is 7. The molecule has 2 aromatic heterocycles. The summed E-state index contributed by atoms with van der Waals surface area (Å²) in [5, 5.41) is 23.6. The van der Waals surface area contributed by atoms with E-state index in [9.17, 15) is 9.50 Å². The summed E-state index contributed by atoms with van der Waals surface area (Å²) in [5.74, 6) is 1.25. The molecule has 0 amide bonds. The molecule has 1 unspecified atom stereocenters. The summed E-state index contributed by atoms with van der Waals surface area (Å²) in [7, 11) is 0. The molecule has 6 nitrogen and oxygen atoms in total. The van der Waals surface area contributed by atoms with E-state index in [4.69, 9.17) is 0 Å². The maximum atomic E-state index is 14.7. The Morgan fingerprint density at radius 3 is 2.62 bits per heavy atom. The van der Waals surface area contributed by atoms with Crippen molar-refractivity contribution in [2.45, 2.75) is 46.1 Å². The minimum atomic E-state index is -0.415. The van der Waals surface area contributed by atoms with Crippen molar-refractivity contribution in [1.29, 1.82) is 0 Å². The second kappa shape index (κ2) is 9.92. The molecule has 8 heteroatoms. The second-order valence-electron chi connectivity index (χ2n) is 8.15. The summed E-state index contributed by atoms with van der Waals surface area (Å²) >= 11 is 1.39. The van der Waals surface area contributed by atoms with Crippen molar-refractivity contribution >= 4 is 17.2 Å². The highest BCUT2D eigenvalue weighted by atomic mass is 32.1. The Kier molecular flexibility index (Phi) is 7.01. The van der Waals surface area contributed by atoms with Gasteiger partial charge in [-0.25, -0.2) is 9.37 Å². The highest BCUT2D eigenvalue weighted by molar-refractivity contribution is 7.15. The Morgan fingerprint density at radius 1 is 1.16 bits per heavy atom. The van der Waals surface area contributed by atoms with Crippen molar-refractivity contribution < 1.29 is 9.50 Å². The molecular formula is C24H30FN5OS. The van der Waals surface area contributed by atoms with E-state index < -0.39 is 5.82 Å². The van der Waals surface area contributed by atoms with Gasteiger partial charge in [0.2, 0.25) is 0 Å². The topological polar surface area (TPSA) is 74.2 Å². The predicted molar refractivity (Wildman–Crippen MR) is 128 cm³/mol. The third-order valence-electron chi connectivity index (χ3n) is 5.80. The third kappa shape index (κ3) is 5.07. The molecule has 1 aliphatic carbocycles. The van der Waals surface area contributed by atoms with Crippen LogP contribution in [0.1, 0.15) is 38.1 Å². The van der Waals surface area contributed by atoms with Crippen molar-refractivity contribution in [3.63, 3.8) is 0 Å². The molecule has 1 atom stereocenters. The number of benzene rings is 1. The van der Waals surface area contributed by atoms with Crippen LogP contribution in [0.4, 0.5) is 10.2 Å². The lowest BCUT2D eigenvalue weighted by atomic mass is 10.1. The van der Waals surface area contributed by atoms with Crippen molar-refractivity contribution in [2.75, 3.05) is 24.5 Å². The molecule has 3 heterocycles. The van der Waals surface area contributed by atoms with Crippen LogP contribution in [-0.2, 0) is 0 Å². The van der Waals surface area contributed by atoms with Crippen LogP contribution in [0.5, 0.6) is 5.75 Å². The Bertz CT molecular complexity index is 1050. The van der Waals surface area contributed by atoms with Gasteiger partial charge in [0, 0.05) is 36.5 Å². The Hall–Kier alpha value is -2.58. The zero-order valence-electron chi connectivity index (χ0n) is 18.8. The molecule has 1 saturated heterocycles. The normalized spacial score (nSPS) is 17.9.